The van der Waals surface area contributed by atoms with E-state index < -0.39 is 5.97 Å². The van der Waals surface area contributed by atoms with Gasteiger partial charge in [0, 0.05) is 11.0 Å². The number of hydrogen-bond acceptors (Lipinski definition) is 2. The van der Waals surface area contributed by atoms with Crippen LogP contribution in [0.15, 0.2) is 18.2 Å². The van der Waals surface area contributed by atoms with Gasteiger partial charge in [0.15, 0.2) is 0 Å². The lowest BCUT2D eigenvalue weighted by atomic mass is 9.80. The minimum absolute atomic E-state index is 0.0731. The fourth-order valence-corrected chi connectivity index (χ4v) is 3.17. The van der Waals surface area contributed by atoms with Crippen LogP contribution in [0.3, 0.4) is 0 Å². The minimum Gasteiger partial charge on any atom is -0.492 e. The van der Waals surface area contributed by atoms with Gasteiger partial charge in [0.2, 0.25) is 0 Å². The van der Waals surface area contributed by atoms with Crippen LogP contribution in [0, 0.1) is 0 Å². The number of rotatable bonds is 2. The van der Waals surface area contributed by atoms with E-state index in [-0.39, 0.29) is 11.8 Å². The molecule has 0 amide bonds. The van der Waals surface area contributed by atoms with Gasteiger partial charge in [-0.25, -0.2) is 0 Å². The molecule has 0 atom stereocenters. The number of carboxylic acid groups (broad SMARTS) is 1. The molecule has 1 aliphatic carbocycles. The Hall–Kier alpha value is -1.51. The fourth-order valence-electron chi connectivity index (χ4n) is 3.17. The summed E-state index contributed by atoms with van der Waals surface area (Å²) in [6, 6.07) is 5.91. The molecule has 1 heterocycles. The van der Waals surface area contributed by atoms with Gasteiger partial charge in [-0.1, -0.05) is 25.0 Å². The lowest BCUT2D eigenvalue weighted by Crippen LogP contribution is -2.23. The quantitative estimate of drug-likeness (QED) is 0.852. The van der Waals surface area contributed by atoms with Crippen LogP contribution in [0.1, 0.15) is 36.8 Å². The molecule has 0 saturated heterocycles. The maximum Gasteiger partial charge on any atom is 0.307 e. The smallest absolute Gasteiger partial charge is 0.307 e. The Morgan fingerprint density at radius 1 is 1.35 bits per heavy atom. The maximum atomic E-state index is 10.7. The van der Waals surface area contributed by atoms with Crippen LogP contribution in [0.5, 0.6) is 5.75 Å². The highest BCUT2D eigenvalue weighted by atomic mass is 16.5. The van der Waals surface area contributed by atoms with Crippen molar-refractivity contribution in [3.05, 3.63) is 29.3 Å². The number of hydrogen-bond donors (Lipinski definition) is 1. The van der Waals surface area contributed by atoms with Crippen molar-refractivity contribution >= 4 is 5.97 Å². The summed E-state index contributed by atoms with van der Waals surface area (Å²) in [5, 5.41) is 8.78. The third-order valence-corrected chi connectivity index (χ3v) is 4.04. The number of benzene rings is 1. The molecule has 1 saturated carbocycles. The van der Waals surface area contributed by atoms with Gasteiger partial charge in [-0.15, -0.1) is 0 Å². The van der Waals surface area contributed by atoms with Crippen LogP contribution in [-0.4, -0.2) is 17.7 Å². The SMILES string of the molecule is O=C(O)Cc1ccc2c(c1)OCC21CCCC1. The first-order valence-electron chi connectivity index (χ1n) is 6.18. The van der Waals surface area contributed by atoms with Crippen molar-refractivity contribution < 1.29 is 14.6 Å². The van der Waals surface area contributed by atoms with Crippen molar-refractivity contribution in [3.8, 4) is 5.75 Å². The molecule has 1 N–H and O–H groups in total. The van der Waals surface area contributed by atoms with E-state index in [4.69, 9.17) is 9.84 Å². The van der Waals surface area contributed by atoms with E-state index in [2.05, 4.69) is 6.07 Å². The molecular weight excluding hydrogens is 216 g/mol. The van der Waals surface area contributed by atoms with E-state index >= 15 is 0 Å². The Kier molecular flexibility index (Phi) is 2.35. The number of fused-ring (bicyclic) bond motifs is 2. The Morgan fingerprint density at radius 2 is 2.12 bits per heavy atom. The first-order chi connectivity index (χ1) is 8.20. The minimum atomic E-state index is -0.793. The first-order valence-corrected chi connectivity index (χ1v) is 6.18. The Morgan fingerprint density at radius 3 is 2.82 bits per heavy atom. The zero-order valence-corrected chi connectivity index (χ0v) is 9.74. The van der Waals surface area contributed by atoms with E-state index in [0.717, 1.165) is 17.9 Å². The predicted octanol–water partition coefficient (Wildman–Crippen LogP) is 2.52. The third-order valence-electron chi connectivity index (χ3n) is 4.04. The van der Waals surface area contributed by atoms with Gasteiger partial charge in [-0.2, -0.15) is 0 Å². The molecule has 1 aliphatic heterocycles. The molecule has 1 aromatic rings. The van der Waals surface area contributed by atoms with Crippen LogP contribution in [0.25, 0.3) is 0 Å². The molecule has 0 bridgehead atoms. The number of carbonyl (C=O) groups is 1. The highest BCUT2D eigenvalue weighted by Crippen LogP contribution is 2.49. The average molecular weight is 232 g/mol. The van der Waals surface area contributed by atoms with Crippen LogP contribution in [0.2, 0.25) is 0 Å². The van der Waals surface area contributed by atoms with Gasteiger partial charge >= 0.3 is 5.97 Å². The molecule has 2 aliphatic rings. The Bertz CT molecular complexity index is 459. The van der Waals surface area contributed by atoms with E-state index in [9.17, 15) is 4.79 Å². The highest BCUT2D eigenvalue weighted by molar-refractivity contribution is 5.70. The van der Waals surface area contributed by atoms with Crippen molar-refractivity contribution in [2.75, 3.05) is 6.61 Å². The van der Waals surface area contributed by atoms with Gasteiger partial charge in [0.1, 0.15) is 5.75 Å². The van der Waals surface area contributed by atoms with Gasteiger partial charge in [-0.05, 0) is 24.5 Å². The third kappa shape index (κ3) is 1.70. The topological polar surface area (TPSA) is 46.5 Å². The standard InChI is InChI=1S/C14H16O3/c15-13(16)8-10-3-4-11-12(7-10)17-9-14(11)5-1-2-6-14/h3-4,7H,1-2,5-6,8-9H2,(H,15,16). The molecule has 1 fully saturated rings. The molecular formula is C14H16O3. The molecule has 90 valence electrons. The number of carboxylic acids is 1. The summed E-state index contributed by atoms with van der Waals surface area (Å²) in [6.07, 6.45) is 5.04. The van der Waals surface area contributed by atoms with Crippen LogP contribution < -0.4 is 4.74 Å². The maximum absolute atomic E-state index is 10.7. The second kappa shape index (κ2) is 3.76. The summed E-state index contributed by atoms with van der Waals surface area (Å²) < 4.78 is 5.77. The molecule has 3 rings (SSSR count). The molecule has 1 spiro atoms. The van der Waals surface area contributed by atoms with Crippen LogP contribution in [-0.2, 0) is 16.6 Å². The molecule has 3 nitrogen and oxygen atoms in total. The van der Waals surface area contributed by atoms with Crippen molar-refractivity contribution in [1.29, 1.82) is 0 Å². The Labute approximate surface area is 100 Å². The van der Waals surface area contributed by atoms with E-state index in [1.54, 1.807) is 0 Å². The summed E-state index contributed by atoms with van der Waals surface area (Å²) in [6.45, 7) is 0.777. The molecule has 1 aromatic carbocycles. The molecule has 0 unspecified atom stereocenters. The highest BCUT2D eigenvalue weighted by Gasteiger charge is 2.42. The van der Waals surface area contributed by atoms with E-state index in [1.165, 1.54) is 31.2 Å². The molecule has 17 heavy (non-hydrogen) atoms. The first kappa shape index (κ1) is 10.6. The zero-order valence-electron chi connectivity index (χ0n) is 9.74. The summed E-state index contributed by atoms with van der Waals surface area (Å²) in [5.41, 5.74) is 2.35. The fraction of sp³-hybridized carbons (Fsp3) is 0.500. The average Bonchev–Trinajstić information content (AvgIpc) is 2.88. The van der Waals surface area contributed by atoms with Crippen LogP contribution in [0.4, 0.5) is 0 Å². The van der Waals surface area contributed by atoms with Gasteiger partial charge < -0.3 is 9.84 Å². The van der Waals surface area contributed by atoms with Crippen molar-refractivity contribution in [2.24, 2.45) is 0 Å². The summed E-state index contributed by atoms with van der Waals surface area (Å²) in [4.78, 5) is 10.7. The van der Waals surface area contributed by atoms with Crippen molar-refractivity contribution in [2.45, 2.75) is 37.5 Å². The van der Waals surface area contributed by atoms with E-state index in [1.807, 2.05) is 12.1 Å². The molecule has 3 heteroatoms. The molecule has 0 radical (unpaired) electrons. The number of ether oxygens (including phenoxy) is 1. The summed E-state index contributed by atoms with van der Waals surface area (Å²) in [5.74, 6) is 0.115. The second-order valence-electron chi connectivity index (χ2n) is 5.18. The van der Waals surface area contributed by atoms with Gasteiger partial charge in [0.25, 0.3) is 0 Å². The largest absolute Gasteiger partial charge is 0.492 e. The van der Waals surface area contributed by atoms with Crippen molar-refractivity contribution in [1.82, 2.24) is 0 Å². The normalized spacial score (nSPS) is 20.2. The Balaban J connectivity index is 1.93. The lowest BCUT2D eigenvalue weighted by molar-refractivity contribution is -0.136. The monoisotopic (exact) mass is 232 g/mol. The lowest BCUT2D eigenvalue weighted by Gasteiger charge is -2.20. The zero-order chi connectivity index (χ0) is 11.9. The van der Waals surface area contributed by atoms with E-state index in [0.29, 0.717) is 0 Å². The summed E-state index contributed by atoms with van der Waals surface area (Å²) in [7, 11) is 0. The number of aliphatic carboxylic acids is 1. The van der Waals surface area contributed by atoms with Crippen LogP contribution >= 0.6 is 0 Å². The molecule has 0 aromatic heterocycles. The summed E-state index contributed by atoms with van der Waals surface area (Å²) >= 11 is 0. The predicted molar refractivity (Wildman–Crippen MR) is 63.4 cm³/mol. The van der Waals surface area contributed by atoms with Crippen molar-refractivity contribution in [3.63, 3.8) is 0 Å². The van der Waals surface area contributed by atoms with Gasteiger partial charge in [0.05, 0.1) is 13.0 Å². The second-order valence-corrected chi connectivity index (χ2v) is 5.18. The van der Waals surface area contributed by atoms with Gasteiger partial charge in [-0.3, -0.25) is 4.79 Å².